The summed E-state index contributed by atoms with van der Waals surface area (Å²) in [5, 5.41) is 3.78. The molecule has 3 aromatic rings. The first-order valence-corrected chi connectivity index (χ1v) is 7.92. The third kappa shape index (κ3) is 3.08. The number of benzene rings is 2. The molecule has 1 heterocycles. The monoisotopic (exact) mass is 320 g/mol. The van der Waals surface area contributed by atoms with Gasteiger partial charge in [-0.1, -0.05) is 29.8 Å². The van der Waals surface area contributed by atoms with Gasteiger partial charge < -0.3 is 10.3 Å². The Kier molecular flexibility index (Phi) is 4.21. The van der Waals surface area contributed by atoms with E-state index in [1.807, 2.05) is 51.1 Å². The molecule has 2 aromatic carbocycles. The number of aryl methyl sites for hydroxylation is 3. The highest BCUT2D eigenvalue weighted by atomic mass is 16.1. The number of pyridine rings is 1. The number of fused-ring (bicyclic) bond motifs is 1. The van der Waals surface area contributed by atoms with Crippen LogP contribution in [0.3, 0.4) is 0 Å². The van der Waals surface area contributed by atoms with E-state index in [1.165, 1.54) is 0 Å². The van der Waals surface area contributed by atoms with Gasteiger partial charge in [0.15, 0.2) is 0 Å². The maximum atomic E-state index is 12.3. The van der Waals surface area contributed by atoms with Crippen LogP contribution in [0.5, 0.6) is 0 Å². The molecule has 0 aliphatic rings. The molecule has 2 N–H and O–H groups in total. The predicted octanol–water partition coefficient (Wildman–Crippen LogP) is 3.38. The van der Waals surface area contributed by atoms with Crippen molar-refractivity contribution >= 4 is 16.8 Å². The zero-order valence-corrected chi connectivity index (χ0v) is 14.1. The second kappa shape index (κ2) is 6.32. The molecule has 0 fully saturated rings. The molecule has 1 aromatic heterocycles. The van der Waals surface area contributed by atoms with Crippen molar-refractivity contribution < 1.29 is 4.79 Å². The SMILES string of the molecule is Cc1ccc(C(=O)NCc2cc3ccc(C)c(C)c3[nH]c2=O)cc1. The number of carbonyl (C=O) groups excluding carboxylic acids is 1. The first kappa shape index (κ1) is 16.0. The molecule has 0 atom stereocenters. The molecule has 122 valence electrons. The van der Waals surface area contributed by atoms with E-state index < -0.39 is 0 Å². The van der Waals surface area contributed by atoms with Crippen molar-refractivity contribution in [3.63, 3.8) is 0 Å². The number of aromatic nitrogens is 1. The highest BCUT2D eigenvalue weighted by Gasteiger charge is 2.09. The summed E-state index contributed by atoms with van der Waals surface area (Å²) in [7, 11) is 0. The summed E-state index contributed by atoms with van der Waals surface area (Å²) in [6, 6.07) is 13.2. The molecule has 0 unspecified atom stereocenters. The topological polar surface area (TPSA) is 62.0 Å². The van der Waals surface area contributed by atoms with Crippen LogP contribution in [0.4, 0.5) is 0 Å². The molecule has 0 saturated carbocycles. The van der Waals surface area contributed by atoms with Crippen LogP contribution in [0.2, 0.25) is 0 Å². The maximum Gasteiger partial charge on any atom is 0.253 e. The smallest absolute Gasteiger partial charge is 0.253 e. The van der Waals surface area contributed by atoms with Gasteiger partial charge in [-0.15, -0.1) is 0 Å². The third-order valence-electron chi connectivity index (χ3n) is 4.38. The average Bonchev–Trinajstić information content (AvgIpc) is 2.57. The van der Waals surface area contributed by atoms with Gasteiger partial charge in [-0.3, -0.25) is 9.59 Å². The first-order chi connectivity index (χ1) is 11.5. The molecule has 0 spiro atoms. The van der Waals surface area contributed by atoms with Crippen molar-refractivity contribution in [2.45, 2.75) is 27.3 Å². The minimum Gasteiger partial charge on any atom is -0.348 e. The molecule has 24 heavy (non-hydrogen) atoms. The summed E-state index contributed by atoms with van der Waals surface area (Å²) in [5.74, 6) is -0.186. The molecule has 1 amide bonds. The van der Waals surface area contributed by atoms with Gasteiger partial charge in [0.05, 0.1) is 5.52 Å². The number of aromatic amines is 1. The predicted molar refractivity (Wildman–Crippen MR) is 96.4 cm³/mol. The van der Waals surface area contributed by atoms with Gasteiger partial charge in [0.25, 0.3) is 11.5 Å². The van der Waals surface area contributed by atoms with Crippen LogP contribution in [0.15, 0.2) is 47.3 Å². The normalized spacial score (nSPS) is 10.8. The van der Waals surface area contributed by atoms with Gasteiger partial charge in [-0.2, -0.15) is 0 Å². The lowest BCUT2D eigenvalue weighted by Gasteiger charge is -2.09. The Bertz CT molecular complexity index is 969. The molecular formula is C20H20N2O2. The lowest BCUT2D eigenvalue weighted by atomic mass is 10.0. The highest BCUT2D eigenvalue weighted by Crippen LogP contribution is 2.18. The highest BCUT2D eigenvalue weighted by molar-refractivity contribution is 5.94. The Hall–Kier alpha value is -2.88. The van der Waals surface area contributed by atoms with Crippen LogP contribution in [0.25, 0.3) is 10.9 Å². The molecule has 0 bridgehead atoms. The number of amides is 1. The number of hydrogen-bond donors (Lipinski definition) is 2. The van der Waals surface area contributed by atoms with Crippen molar-refractivity contribution in [1.29, 1.82) is 0 Å². The van der Waals surface area contributed by atoms with Crippen LogP contribution >= 0.6 is 0 Å². The van der Waals surface area contributed by atoms with Crippen LogP contribution in [0.1, 0.15) is 32.6 Å². The number of hydrogen-bond acceptors (Lipinski definition) is 2. The fourth-order valence-corrected chi connectivity index (χ4v) is 2.68. The Morgan fingerprint density at radius 1 is 1.04 bits per heavy atom. The lowest BCUT2D eigenvalue weighted by Crippen LogP contribution is -2.26. The zero-order valence-electron chi connectivity index (χ0n) is 14.1. The molecule has 0 aliphatic carbocycles. The number of nitrogens with one attached hydrogen (secondary N) is 2. The first-order valence-electron chi connectivity index (χ1n) is 7.92. The molecule has 4 heteroatoms. The molecule has 0 radical (unpaired) electrons. The van der Waals surface area contributed by atoms with Crippen molar-refractivity contribution in [3.05, 3.63) is 80.6 Å². The van der Waals surface area contributed by atoms with Crippen LogP contribution < -0.4 is 10.9 Å². The second-order valence-electron chi connectivity index (χ2n) is 6.14. The minimum atomic E-state index is -0.186. The van der Waals surface area contributed by atoms with E-state index in [4.69, 9.17) is 0 Å². The van der Waals surface area contributed by atoms with E-state index >= 15 is 0 Å². The third-order valence-corrected chi connectivity index (χ3v) is 4.38. The number of carbonyl (C=O) groups is 1. The van der Waals surface area contributed by atoms with Crippen LogP contribution in [0, 0.1) is 20.8 Å². The molecule has 0 saturated heterocycles. The fourth-order valence-electron chi connectivity index (χ4n) is 2.68. The van der Waals surface area contributed by atoms with Gasteiger partial charge in [-0.05, 0) is 55.5 Å². The summed E-state index contributed by atoms with van der Waals surface area (Å²) in [6.45, 7) is 6.18. The van der Waals surface area contributed by atoms with Crippen molar-refractivity contribution in [2.75, 3.05) is 0 Å². The van der Waals surface area contributed by atoms with Crippen molar-refractivity contribution in [2.24, 2.45) is 0 Å². The van der Waals surface area contributed by atoms with Crippen LogP contribution in [-0.2, 0) is 6.54 Å². The van der Waals surface area contributed by atoms with E-state index in [2.05, 4.69) is 10.3 Å². The summed E-state index contributed by atoms with van der Waals surface area (Å²) in [6.07, 6.45) is 0. The number of H-pyrrole nitrogens is 1. The standard InChI is InChI=1S/C20H20N2O2/c1-12-4-7-15(8-5-12)19(23)21-11-17-10-16-9-6-13(2)14(3)18(16)22-20(17)24/h4-10H,11H2,1-3H3,(H,21,23)(H,22,24). The molecule has 4 nitrogen and oxygen atoms in total. The minimum absolute atomic E-state index is 0.166. The molecule has 0 aliphatic heterocycles. The van der Waals surface area contributed by atoms with Gasteiger partial charge >= 0.3 is 0 Å². The summed E-state index contributed by atoms with van der Waals surface area (Å²) in [4.78, 5) is 27.4. The Morgan fingerprint density at radius 3 is 2.46 bits per heavy atom. The Balaban J connectivity index is 1.84. The van der Waals surface area contributed by atoms with Crippen LogP contribution in [-0.4, -0.2) is 10.9 Å². The van der Waals surface area contributed by atoms with Crippen molar-refractivity contribution in [3.8, 4) is 0 Å². The van der Waals surface area contributed by atoms with Gasteiger partial charge in [-0.25, -0.2) is 0 Å². The lowest BCUT2D eigenvalue weighted by molar-refractivity contribution is 0.0951. The molecule has 3 rings (SSSR count). The van der Waals surface area contributed by atoms with Gasteiger partial charge in [0.2, 0.25) is 0 Å². The van der Waals surface area contributed by atoms with Gasteiger partial charge in [0.1, 0.15) is 0 Å². The van der Waals surface area contributed by atoms with E-state index in [9.17, 15) is 9.59 Å². The molecular weight excluding hydrogens is 300 g/mol. The maximum absolute atomic E-state index is 12.3. The van der Waals surface area contributed by atoms with Gasteiger partial charge in [0, 0.05) is 17.7 Å². The average molecular weight is 320 g/mol. The Morgan fingerprint density at radius 2 is 1.75 bits per heavy atom. The fraction of sp³-hybridized carbons (Fsp3) is 0.200. The summed E-state index contributed by atoms with van der Waals surface area (Å²) < 4.78 is 0. The van der Waals surface area contributed by atoms with E-state index in [0.29, 0.717) is 11.1 Å². The number of rotatable bonds is 3. The van der Waals surface area contributed by atoms with E-state index in [0.717, 1.165) is 27.6 Å². The second-order valence-corrected chi connectivity index (χ2v) is 6.14. The zero-order chi connectivity index (χ0) is 17.3. The van der Waals surface area contributed by atoms with E-state index in [-0.39, 0.29) is 18.0 Å². The quantitative estimate of drug-likeness (QED) is 0.777. The summed E-state index contributed by atoms with van der Waals surface area (Å²) in [5.41, 5.74) is 5.13. The Labute approximate surface area is 140 Å². The van der Waals surface area contributed by atoms with E-state index in [1.54, 1.807) is 12.1 Å². The largest absolute Gasteiger partial charge is 0.348 e. The summed E-state index contributed by atoms with van der Waals surface area (Å²) >= 11 is 0. The van der Waals surface area contributed by atoms with Crippen molar-refractivity contribution in [1.82, 2.24) is 10.3 Å².